The van der Waals surface area contributed by atoms with Gasteiger partial charge < -0.3 is 10.6 Å². The zero-order valence-electron chi connectivity index (χ0n) is 16.1. The van der Waals surface area contributed by atoms with Crippen molar-refractivity contribution in [3.63, 3.8) is 0 Å². The van der Waals surface area contributed by atoms with Crippen molar-refractivity contribution in [1.82, 2.24) is 24.0 Å². The topological polar surface area (TPSA) is 103 Å². The number of rotatable bonds is 6. The first-order valence-corrected chi connectivity index (χ1v) is 9.55. The number of hydrogen-bond acceptors (Lipinski definition) is 5. The molecular weight excluding hydrogens is 419 g/mol. The highest BCUT2D eigenvalue weighted by Crippen LogP contribution is 2.27. The molecule has 0 saturated carbocycles. The molecule has 0 aliphatic rings. The lowest BCUT2D eigenvalue weighted by Gasteiger charge is -2.13. The van der Waals surface area contributed by atoms with Crippen molar-refractivity contribution >= 4 is 46.2 Å². The highest BCUT2D eigenvalue weighted by Gasteiger charge is 2.20. The van der Waals surface area contributed by atoms with Crippen LogP contribution in [0.25, 0.3) is 11.2 Å². The molecule has 0 fully saturated rings. The summed E-state index contributed by atoms with van der Waals surface area (Å²) in [5.74, 6) is 0.207. The Balaban J connectivity index is 2.16. The van der Waals surface area contributed by atoms with Gasteiger partial charge in [-0.05, 0) is 12.1 Å². The molecule has 9 nitrogen and oxygen atoms in total. The quantitative estimate of drug-likeness (QED) is 0.565. The number of carbonyl (C=O) groups is 1. The Morgan fingerprint density at radius 3 is 2.38 bits per heavy atom. The highest BCUT2D eigenvalue weighted by molar-refractivity contribution is 6.36. The van der Waals surface area contributed by atoms with Gasteiger partial charge in [-0.3, -0.25) is 23.3 Å². The summed E-state index contributed by atoms with van der Waals surface area (Å²) in [5, 5.41) is 6.67. The monoisotopic (exact) mass is 438 g/mol. The Morgan fingerprint density at radius 1 is 1.10 bits per heavy atom. The molecule has 0 radical (unpaired) electrons. The average Bonchev–Trinajstić information content (AvgIpc) is 3.03. The van der Waals surface area contributed by atoms with Crippen LogP contribution in [0.4, 0.5) is 5.95 Å². The second-order valence-electron chi connectivity index (χ2n) is 6.51. The smallest absolute Gasteiger partial charge is 0.332 e. The van der Waals surface area contributed by atoms with Gasteiger partial charge in [-0.25, -0.2) is 4.79 Å². The Hall–Kier alpha value is -2.78. The van der Waals surface area contributed by atoms with Crippen LogP contribution >= 0.6 is 23.2 Å². The summed E-state index contributed by atoms with van der Waals surface area (Å²) in [6, 6.07) is 5.15. The molecule has 2 heterocycles. The van der Waals surface area contributed by atoms with E-state index in [0.717, 1.165) is 4.57 Å². The minimum atomic E-state index is -0.479. The normalized spacial score (nSPS) is 11.1. The maximum Gasteiger partial charge on any atom is 0.332 e. The number of carbonyl (C=O) groups excluding carboxylic acids is 1. The van der Waals surface area contributed by atoms with E-state index in [1.807, 2.05) is 0 Å². The van der Waals surface area contributed by atoms with Gasteiger partial charge in [0.05, 0.1) is 6.54 Å². The molecule has 0 aliphatic carbocycles. The molecule has 154 valence electrons. The number of anilines is 1. The Bertz CT molecular complexity index is 1190. The first-order valence-electron chi connectivity index (χ1n) is 8.79. The zero-order valence-corrected chi connectivity index (χ0v) is 17.6. The Labute approximate surface area is 175 Å². The van der Waals surface area contributed by atoms with Gasteiger partial charge in [0.1, 0.15) is 0 Å². The van der Waals surface area contributed by atoms with Crippen molar-refractivity contribution in [2.75, 3.05) is 18.4 Å². The number of fused-ring (bicyclic) bond motifs is 1. The minimum absolute atomic E-state index is 0.153. The van der Waals surface area contributed by atoms with Gasteiger partial charge in [-0.2, -0.15) is 4.98 Å². The molecule has 0 bridgehead atoms. The van der Waals surface area contributed by atoms with Crippen LogP contribution in [0.15, 0.2) is 27.8 Å². The van der Waals surface area contributed by atoms with Crippen LogP contribution in [-0.2, 0) is 25.4 Å². The fourth-order valence-corrected chi connectivity index (χ4v) is 3.51. The molecule has 2 N–H and O–H groups in total. The van der Waals surface area contributed by atoms with Gasteiger partial charge in [-0.15, -0.1) is 0 Å². The molecular formula is C18H20Cl2N6O3. The van der Waals surface area contributed by atoms with E-state index in [1.165, 1.54) is 18.5 Å². The molecule has 0 spiro atoms. The molecule has 1 amide bonds. The lowest BCUT2D eigenvalue weighted by atomic mass is 10.2. The number of amides is 1. The van der Waals surface area contributed by atoms with E-state index in [9.17, 15) is 14.4 Å². The number of imidazole rings is 1. The van der Waals surface area contributed by atoms with Crippen molar-refractivity contribution in [2.24, 2.45) is 14.1 Å². The highest BCUT2D eigenvalue weighted by atomic mass is 35.5. The van der Waals surface area contributed by atoms with Gasteiger partial charge in [0.2, 0.25) is 11.9 Å². The Morgan fingerprint density at radius 2 is 1.76 bits per heavy atom. The third-order valence-electron chi connectivity index (χ3n) is 4.51. The predicted molar refractivity (Wildman–Crippen MR) is 113 cm³/mol. The summed E-state index contributed by atoms with van der Waals surface area (Å²) in [4.78, 5) is 40.7. The molecule has 11 heteroatoms. The third kappa shape index (κ3) is 4.01. The lowest BCUT2D eigenvalue weighted by Crippen LogP contribution is -2.37. The summed E-state index contributed by atoms with van der Waals surface area (Å²) < 4.78 is 3.97. The van der Waals surface area contributed by atoms with Crippen LogP contribution in [0.5, 0.6) is 0 Å². The minimum Gasteiger partial charge on any atom is -0.355 e. The van der Waals surface area contributed by atoms with Gasteiger partial charge >= 0.3 is 5.69 Å². The predicted octanol–water partition coefficient (Wildman–Crippen LogP) is 1.34. The van der Waals surface area contributed by atoms with E-state index in [2.05, 4.69) is 15.6 Å². The van der Waals surface area contributed by atoms with Crippen LogP contribution in [-0.4, -0.2) is 37.7 Å². The van der Waals surface area contributed by atoms with Gasteiger partial charge in [0.15, 0.2) is 11.2 Å². The molecule has 1 aromatic carbocycles. The zero-order chi connectivity index (χ0) is 21.3. The summed E-state index contributed by atoms with van der Waals surface area (Å²) >= 11 is 12.6. The lowest BCUT2D eigenvalue weighted by molar-refractivity contribution is -0.118. The molecule has 0 atom stereocenters. The number of nitrogens with one attached hydrogen (secondary N) is 2. The number of aromatic nitrogens is 4. The SMILES string of the molecule is CC(=O)NCCNc1nc2c(c(=O)n(C)c(=O)n2C)n1Cc1c(Cl)cccc1Cl. The number of aryl methyl sites for hydroxylation is 1. The summed E-state index contributed by atoms with van der Waals surface area (Å²) in [6.07, 6.45) is 0. The summed E-state index contributed by atoms with van der Waals surface area (Å²) in [5.41, 5.74) is 0.147. The maximum atomic E-state index is 12.9. The third-order valence-corrected chi connectivity index (χ3v) is 5.22. The van der Waals surface area contributed by atoms with E-state index < -0.39 is 11.2 Å². The maximum absolute atomic E-state index is 12.9. The number of halogens is 2. The van der Waals surface area contributed by atoms with Gasteiger partial charge in [-0.1, -0.05) is 29.3 Å². The fraction of sp³-hybridized carbons (Fsp3) is 0.333. The van der Waals surface area contributed by atoms with Crippen molar-refractivity contribution in [3.8, 4) is 0 Å². The van der Waals surface area contributed by atoms with Crippen molar-refractivity contribution in [1.29, 1.82) is 0 Å². The molecule has 0 unspecified atom stereocenters. The molecule has 0 aliphatic heterocycles. The van der Waals surface area contributed by atoms with E-state index in [4.69, 9.17) is 23.2 Å². The van der Waals surface area contributed by atoms with E-state index >= 15 is 0 Å². The van der Waals surface area contributed by atoms with Crippen molar-refractivity contribution < 1.29 is 4.79 Å². The molecule has 3 aromatic rings. The first kappa shape index (κ1) is 20.9. The first-order chi connectivity index (χ1) is 13.7. The van der Waals surface area contributed by atoms with Crippen LogP contribution in [0.2, 0.25) is 10.0 Å². The van der Waals surface area contributed by atoms with E-state index in [0.29, 0.717) is 34.6 Å². The molecule has 2 aromatic heterocycles. The summed E-state index contributed by atoms with van der Waals surface area (Å²) in [7, 11) is 2.96. The van der Waals surface area contributed by atoms with E-state index in [-0.39, 0.29) is 23.6 Å². The van der Waals surface area contributed by atoms with Crippen LogP contribution in [0.3, 0.4) is 0 Å². The van der Waals surface area contributed by atoms with Gasteiger partial charge in [0.25, 0.3) is 5.56 Å². The van der Waals surface area contributed by atoms with Crippen molar-refractivity contribution in [2.45, 2.75) is 13.5 Å². The molecule has 0 saturated heterocycles. The average molecular weight is 439 g/mol. The standard InChI is InChI=1S/C18H20Cl2N6O3/c1-10(27)21-7-8-22-17-23-15-14(16(28)25(3)18(29)24(15)2)26(17)9-11-12(19)5-4-6-13(11)20/h4-6H,7-9H2,1-3H3,(H,21,27)(H,22,23). The largest absolute Gasteiger partial charge is 0.355 e. The van der Waals surface area contributed by atoms with Crippen LogP contribution in [0, 0.1) is 0 Å². The molecule has 29 heavy (non-hydrogen) atoms. The number of hydrogen-bond donors (Lipinski definition) is 2. The summed E-state index contributed by atoms with van der Waals surface area (Å²) in [6.45, 7) is 2.33. The Kier molecular flexibility index (Phi) is 5.99. The fourth-order valence-electron chi connectivity index (χ4n) is 2.99. The second-order valence-corrected chi connectivity index (χ2v) is 7.32. The van der Waals surface area contributed by atoms with Crippen LogP contribution < -0.4 is 21.9 Å². The molecule has 3 rings (SSSR count). The second kappa shape index (κ2) is 8.30. The van der Waals surface area contributed by atoms with Gasteiger partial charge in [0, 0.05) is 49.7 Å². The van der Waals surface area contributed by atoms with Crippen molar-refractivity contribution in [3.05, 3.63) is 54.6 Å². The number of benzene rings is 1. The van der Waals surface area contributed by atoms with Crippen LogP contribution in [0.1, 0.15) is 12.5 Å². The number of nitrogens with zero attached hydrogens (tertiary/aromatic N) is 4. The van der Waals surface area contributed by atoms with E-state index in [1.54, 1.807) is 29.8 Å².